The van der Waals surface area contributed by atoms with Gasteiger partial charge < -0.3 is 23.5 Å². The van der Waals surface area contributed by atoms with E-state index in [1.807, 2.05) is 0 Å². The summed E-state index contributed by atoms with van der Waals surface area (Å²) in [5.74, 6) is 1.30. The van der Waals surface area contributed by atoms with Gasteiger partial charge in [0.25, 0.3) is 0 Å². The van der Waals surface area contributed by atoms with E-state index < -0.39 is 14.6 Å². The van der Waals surface area contributed by atoms with Gasteiger partial charge in [-0.05, 0) is 62.5 Å². The van der Waals surface area contributed by atoms with Crippen molar-refractivity contribution >= 4 is 26.0 Å². The molecular formula is C31H46N6O5Si. The van der Waals surface area contributed by atoms with Crippen LogP contribution in [0.15, 0.2) is 18.3 Å². The summed E-state index contributed by atoms with van der Waals surface area (Å²) in [6, 6.07) is 5.49. The Labute approximate surface area is 256 Å². The number of fused-ring (bicyclic) bond motifs is 1. The van der Waals surface area contributed by atoms with Crippen LogP contribution in [0.25, 0.3) is 0 Å². The number of rotatable bonds is 9. The third kappa shape index (κ3) is 7.71. The monoisotopic (exact) mass is 610 g/mol. The lowest BCUT2D eigenvalue weighted by Crippen LogP contribution is -2.41. The van der Waals surface area contributed by atoms with Gasteiger partial charge in [0.05, 0.1) is 12.8 Å². The van der Waals surface area contributed by atoms with Gasteiger partial charge in [-0.3, -0.25) is 10.2 Å². The average Bonchev–Trinajstić information content (AvgIpc) is 2.97. The maximum atomic E-state index is 13.6. The van der Waals surface area contributed by atoms with Crippen LogP contribution >= 0.6 is 0 Å². The maximum absolute atomic E-state index is 13.6. The van der Waals surface area contributed by atoms with E-state index in [4.69, 9.17) is 23.6 Å². The number of aryl methyl sites for hydroxylation is 1. The lowest BCUT2D eigenvalue weighted by atomic mass is 10.0. The molecule has 0 saturated carbocycles. The number of nitrogens with zero attached hydrogens (tertiary/aromatic N) is 5. The molecule has 1 N–H and O–H groups in total. The van der Waals surface area contributed by atoms with E-state index in [-0.39, 0.29) is 17.2 Å². The molecule has 0 aliphatic carbocycles. The average molecular weight is 611 g/mol. The minimum absolute atomic E-state index is 0.00942. The van der Waals surface area contributed by atoms with E-state index in [9.17, 15) is 10.1 Å². The molecule has 43 heavy (non-hydrogen) atoms. The molecular weight excluding hydrogens is 564 g/mol. The first-order valence-electron chi connectivity index (χ1n) is 14.9. The number of aromatic nitrogens is 2. The number of amides is 2. The zero-order valence-corrected chi connectivity index (χ0v) is 27.8. The highest BCUT2D eigenvalue weighted by Crippen LogP contribution is 2.38. The van der Waals surface area contributed by atoms with Crippen LogP contribution < -0.4 is 15.0 Å². The van der Waals surface area contributed by atoms with E-state index in [0.29, 0.717) is 41.8 Å². The first kappa shape index (κ1) is 32.8. The van der Waals surface area contributed by atoms with Crippen LogP contribution in [0.5, 0.6) is 5.75 Å². The Kier molecular flexibility index (Phi) is 10.5. The number of likely N-dealkylation sites (tertiary alicyclic amines) is 1. The lowest BCUT2D eigenvalue weighted by molar-refractivity contribution is -0.109. The summed E-state index contributed by atoms with van der Waals surface area (Å²) >= 11 is 0. The van der Waals surface area contributed by atoms with E-state index in [2.05, 4.69) is 68.2 Å². The van der Waals surface area contributed by atoms with Crippen molar-refractivity contribution < 1.29 is 23.4 Å². The van der Waals surface area contributed by atoms with Crippen molar-refractivity contribution in [2.45, 2.75) is 83.6 Å². The molecule has 4 rings (SSSR count). The highest BCUT2D eigenvalue weighted by atomic mass is 28.4. The van der Waals surface area contributed by atoms with Gasteiger partial charge >= 0.3 is 6.03 Å². The van der Waals surface area contributed by atoms with Gasteiger partial charge in [-0.2, -0.15) is 5.26 Å². The SMILES string of the molecule is COC(OC)c1nc2c(cc1CO[Si](C)(C)C(C)(C)C)CCCN2C(=O)Nc1cc(OC2CCN(C)CC2)c(C#N)cn1. The van der Waals surface area contributed by atoms with Crippen molar-refractivity contribution in [2.24, 2.45) is 0 Å². The molecule has 234 valence electrons. The minimum Gasteiger partial charge on any atom is -0.489 e. The highest BCUT2D eigenvalue weighted by molar-refractivity contribution is 6.74. The Morgan fingerprint density at radius 3 is 2.51 bits per heavy atom. The third-order valence-electron chi connectivity index (χ3n) is 8.75. The molecule has 0 unspecified atom stereocenters. The summed E-state index contributed by atoms with van der Waals surface area (Å²) in [6.45, 7) is 13.8. The number of pyridine rings is 2. The molecule has 2 aliphatic heterocycles. The smallest absolute Gasteiger partial charge is 0.328 e. The minimum atomic E-state index is -2.03. The van der Waals surface area contributed by atoms with Crippen molar-refractivity contribution in [3.63, 3.8) is 0 Å². The molecule has 0 aromatic carbocycles. The Hall–Kier alpha value is -3.08. The number of urea groups is 1. The number of methoxy groups -OCH3 is 2. The number of piperidine rings is 1. The van der Waals surface area contributed by atoms with Gasteiger partial charge in [0.2, 0.25) is 6.29 Å². The van der Waals surface area contributed by atoms with E-state index in [1.54, 1.807) is 25.2 Å². The van der Waals surface area contributed by atoms with E-state index in [1.165, 1.54) is 6.20 Å². The molecule has 2 aliphatic rings. The predicted octanol–water partition coefficient (Wildman–Crippen LogP) is 5.62. The summed E-state index contributed by atoms with van der Waals surface area (Å²) in [5.41, 5.74) is 2.78. The largest absolute Gasteiger partial charge is 0.489 e. The first-order valence-corrected chi connectivity index (χ1v) is 17.8. The Morgan fingerprint density at radius 2 is 1.88 bits per heavy atom. The number of nitrogens with one attached hydrogen (secondary N) is 1. The molecule has 2 amide bonds. The topological polar surface area (TPSA) is 122 Å². The second-order valence-corrected chi connectivity index (χ2v) is 17.7. The van der Waals surface area contributed by atoms with Crippen molar-refractivity contribution in [2.75, 3.05) is 51.1 Å². The summed E-state index contributed by atoms with van der Waals surface area (Å²) in [5, 5.41) is 12.6. The molecule has 0 radical (unpaired) electrons. The summed E-state index contributed by atoms with van der Waals surface area (Å²) < 4.78 is 24.0. The van der Waals surface area contributed by atoms with Gasteiger partial charge in [-0.15, -0.1) is 0 Å². The van der Waals surface area contributed by atoms with Crippen LogP contribution in [-0.4, -0.2) is 76.2 Å². The van der Waals surface area contributed by atoms with Crippen molar-refractivity contribution in [3.8, 4) is 11.8 Å². The molecule has 11 nitrogen and oxygen atoms in total. The molecule has 2 aromatic rings. The number of carbonyl (C=O) groups excluding carboxylic acids is 1. The number of anilines is 2. The zero-order valence-electron chi connectivity index (χ0n) is 26.8. The van der Waals surface area contributed by atoms with Gasteiger partial charge in [0.15, 0.2) is 8.32 Å². The van der Waals surface area contributed by atoms with Gasteiger partial charge in [0, 0.05) is 45.5 Å². The van der Waals surface area contributed by atoms with Crippen LogP contribution in [0, 0.1) is 11.3 Å². The molecule has 1 saturated heterocycles. The fourth-order valence-electron chi connectivity index (χ4n) is 5.02. The van der Waals surface area contributed by atoms with E-state index >= 15 is 0 Å². The van der Waals surface area contributed by atoms with Crippen molar-refractivity contribution in [1.82, 2.24) is 14.9 Å². The van der Waals surface area contributed by atoms with Crippen LogP contribution in [0.4, 0.5) is 16.4 Å². The van der Waals surface area contributed by atoms with Gasteiger partial charge in [0.1, 0.15) is 40.8 Å². The molecule has 2 aromatic heterocycles. The van der Waals surface area contributed by atoms with Crippen LogP contribution in [0.1, 0.15) is 68.7 Å². The second kappa shape index (κ2) is 13.7. The normalized spacial score (nSPS) is 16.6. The van der Waals surface area contributed by atoms with Crippen molar-refractivity contribution in [3.05, 3.63) is 40.7 Å². The number of ether oxygens (including phenoxy) is 3. The molecule has 1 fully saturated rings. The maximum Gasteiger partial charge on any atom is 0.328 e. The Morgan fingerprint density at radius 1 is 1.19 bits per heavy atom. The summed E-state index contributed by atoms with van der Waals surface area (Å²) in [4.78, 5) is 26.8. The van der Waals surface area contributed by atoms with Crippen molar-refractivity contribution in [1.29, 1.82) is 5.26 Å². The van der Waals surface area contributed by atoms with E-state index in [0.717, 1.165) is 49.9 Å². The molecule has 0 spiro atoms. The zero-order chi connectivity index (χ0) is 31.4. The van der Waals surface area contributed by atoms with Gasteiger partial charge in [-0.25, -0.2) is 14.8 Å². The first-order chi connectivity index (χ1) is 20.4. The standard InChI is InChI=1S/C31H46N6O5Si/c1-31(2,3)43(7,8)41-20-22-16-21-10-9-13-37(28(21)35-27(22)29(39-5)40-6)30(38)34-26-17-25(23(18-32)19-33-26)42-24-11-14-36(4)15-12-24/h16-17,19,24,29H,9-15,20H2,1-8H3,(H,33,34,38). The molecule has 12 heteroatoms. The fourth-order valence-corrected chi connectivity index (χ4v) is 5.96. The summed E-state index contributed by atoms with van der Waals surface area (Å²) in [7, 11) is 3.20. The fraction of sp³-hybridized carbons (Fsp3) is 0.613. The van der Waals surface area contributed by atoms with Crippen LogP contribution in [0.2, 0.25) is 18.1 Å². The second-order valence-electron chi connectivity index (χ2n) is 12.9. The molecule has 0 atom stereocenters. The highest BCUT2D eigenvalue weighted by Gasteiger charge is 2.38. The van der Waals surface area contributed by atoms with Crippen LogP contribution in [-0.2, 0) is 26.9 Å². The molecule has 0 bridgehead atoms. The van der Waals surface area contributed by atoms with Gasteiger partial charge in [-0.1, -0.05) is 20.8 Å². The lowest BCUT2D eigenvalue weighted by Gasteiger charge is -2.36. The number of carbonyl (C=O) groups is 1. The predicted molar refractivity (Wildman–Crippen MR) is 168 cm³/mol. The number of hydrogen-bond donors (Lipinski definition) is 1. The number of hydrogen-bond acceptors (Lipinski definition) is 9. The Balaban J connectivity index is 1.58. The summed E-state index contributed by atoms with van der Waals surface area (Å²) in [6.07, 6.45) is 4.05. The third-order valence-corrected chi connectivity index (χ3v) is 13.2. The number of nitriles is 1. The van der Waals surface area contributed by atoms with Crippen LogP contribution in [0.3, 0.4) is 0 Å². The molecule has 4 heterocycles. The quantitative estimate of drug-likeness (QED) is 0.285. The Bertz CT molecular complexity index is 1330.